The Morgan fingerprint density at radius 3 is 1.78 bits per heavy atom. The average molecular weight is 561 g/mol. The number of hydrogen-bond acceptors (Lipinski definition) is 5. The maximum absolute atomic E-state index is 13.7. The van der Waals surface area contributed by atoms with Crippen LogP contribution in [0.5, 0.6) is 5.75 Å². The van der Waals surface area contributed by atoms with Crippen molar-refractivity contribution in [3.05, 3.63) is 123 Å². The van der Waals surface area contributed by atoms with Crippen LogP contribution in [0.1, 0.15) is 20.7 Å². The molecule has 6 nitrogen and oxygen atoms in total. The minimum absolute atomic E-state index is 0.00879. The Kier molecular flexibility index (Phi) is 7.66. The number of benzene rings is 4. The van der Waals surface area contributed by atoms with Crippen LogP contribution in [0, 0.1) is 0 Å². The van der Waals surface area contributed by atoms with Crippen LogP contribution < -0.4 is 9.04 Å². The largest absolute Gasteiger partial charge is 0.423 e. The van der Waals surface area contributed by atoms with Gasteiger partial charge in [0.05, 0.1) is 26.3 Å². The van der Waals surface area contributed by atoms with Crippen LogP contribution in [0.15, 0.2) is 102 Å². The van der Waals surface area contributed by atoms with Crippen molar-refractivity contribution in [2.24, 2.45) is 0 Å². The fourth-order valence-corrected chi connectivity index (χ4v) is 5.65. The van der Waals surface area contributed by atoms with Crippen molar-refractivity contribution in [2.75, 3.05) is 4.31 Å². The SMILES string of the molecule is O=C(Oc1ccc(N(C(=O)c2ccccc2)S(=O)(=O)c2cc(Cl)c(Cl)cc2Cl)cc1)c1ccccc1. The molecule has 0 aliphatic rings. The van der Waals surface area contributed by atoms with Crippen LogP contribution >= 0.6 is 34.8 Å². The summed E-state index contributed by atoms with van der Waals surface area (Å²) in [6.07, 6.45) is 0. The molecule has 36 heavy (non-hydrogen) atoms. The molecule has 0 aromatic heterocycles. The Hall–Kier alpha value is -3.36. The summed E-state index contributed by atoms with van der Waals surface area (Å²) < 4.78 is 33.4. The molecule has 0 aliphatic carbocycles. The van der Waals surface area contributed by atoms with E-state index in [1.165, 1.54) is 42.5 Å². The zero-order valence-electron chi connectivity index (χ0n) is 18.3. The van der Waals surface area contributed by atoms with Gasteiger partial charge in [-0.05, 0) is 60.7 Å². The first-order valence-electron chi connectivity index (χ1n) is 10.3. The van der Waals surface area contributed by atoms with Gasteiger partial charge >= 0.3 is 5.97 Å². The molecule has 0 radical (unpaired) electrons. The lowest BCUT2D eigenvalue weighted by Crippen LogP contribution is -2.37. The first kappa shape index (κ1) is 25.7. The van der Waals surface area contributed by atoms with Crippen molar-refractivity contribution in [3.8, 4) is 5.75 Å². The summed E-state index contributed by atoms with van der Waals surface area (Å²) >= 11 is 18.2. The standard InChI is InChI=1S/C26H16Cl3NO5S/c27-21-15-23(29)24(16-22(21)28)36(33,34)30(25(31)17-7-3-1-4-8-17)19-11-13-20(14-12-19)35-26(32)18-9-5-2-6-10-18/h1-16H. The molecule has 0 aliphatic heterocycles. The highest BCUT2D eigenvalue weighted by Crippen LogP contribution is 2.35. The molecule has 10 heteroatoms. The van der Waals surface area contributed by atoms with Crippen molar-refractivity contribution in [2.45, 2.75) is 4.90 Å². The molecule has 4 rings (SSSR count). The number of sulfonamides is 1. The van der Waals surface area contributed by atoms with Gasteiger partial charge in [-0.15, -0.1) is 0 Å². The molecule has 0 saturated heterocycles. The minimum Gasteiger partial charge on any atom is -0.423 e. The van der Waals surface area contributed by atoms with Gasteiger partial charge in [-0.3, -0.25) is 4.79 Å². The lowest BCUT2D eigenvalue weighted by Gasteiger charge is -2.23. The van der Waals surface area contributed by atoms with Gasteiger partial charge in [-0.1, -0.05) is 71.2 Å². The number of carbonyl (C=O) groups is 2. The van der Waals surface area contributed by atoms with Gasteiger partial charge in [-0.25, -0.2) is 13.2 Å². The molecule has 0 atom stereocenters. The summed E-state index contributed by atoms with van der Waals surface area (Å²) in [5.74, 6) is -1.26. The summed E-state index contributed by atoms with van der Waals surface area (Å²) in [6.45, 7) is 0. The van der Waals surface area contributed by atoms with Crippen molar-refractivity contribution < 1.29 is 22.7 Å². The molecule has 0 spiro atoms. The van der Waals surface area contributed by atoms with E-state index >= 15 is 0 Å². The minimum atomic E-state index is -4.55. The topological polar surface area (TPSA) is 80.8 Å². The summed E-state index contributed by atoms with van der Waals surface area (Å²) in [7, 11) is -4.55. The predicted molar refractivity (Wildman–Crippen MR) is 140 cm³/mol. The first-order valence-corrected chi connectivity index (χ1v) is 12.9. The van der Waals surface area contributed by atoms with Crippen LogP contribution in [0.2, 0.25) is 15.1 Å². The molecular weight excluding hydrogens is 545 g/mol. The Balaban J connectivity index is 1.75. The zero-order valence-corrected chi connectivity index (χ0v) is 21.4. The third kappa shape index (κ3) is 5.39. The molecule has 0 N–H and O–H groups in total. The molecule has 0 fully saturated rings. The normalized spacial score (nSPS) is 11.1. The fourth-order valence-electron chi connectivity index (χ4n) is 3.25. The van der Waals surface area contributed by atoms with Crippen LogP contribution in [0.4, 0.5) is 5.69 Å². The van der Waals surface area contributed by atoms with E-state index in [9.17, 15) is 18.0 Å². The molecule has 0 unspecified atom stereocenters. The summed E-state index contributed by atoms with van der Waals surface area (Å²) in [4.78, 5) is 25.4. The third-order valence-electron chi connectivity index (χ3n) is 4.99. The van der Waals surface area contributed by atoms with Crippen LogP contribution in [0.3, 0.4) is 0 Å². The molecule has 0 saturated carbocycles. The van der Waals surface area contributed by atoms with E-state index in [1.54, 1.807) is 48.5 Å². The second-order valence-electron chi connectivity index (χ2n) is 7.39. The number of nitrogens with zero attached hydrogens (tertiary/aromatic N) is 1. The number of amides is 1. The highest BCUT2D eigenvalue weighted by molar-refractivity contribution is 7.93. The Morgan fingerprint density at radius 1 is 0.667 bits per heavy atom. The van der Waals surface area contributed by atoms with Crippen LogP contribution in [-0.2, 0) is 10.0 Å². The molecule has 0 bridgehead atoms. The van der Waals surface area contributed by atoms with Gasteiger partial charge < -0.3 is 4.74 Å². The van der Waals surface area contributed by atoms with E-state index in [4.69, 9.17) is 39.5 Å². The Labute approximate surface area is 222 Å². The van der Waals surface area contributed by atoms with Gasteiger partial charge in [0.2, 0.25) is 0 Å². The molecule has 182 valence electrons. The zero-order chi connectivity index (χ0) is 25.9. The number of hydrogen-bond donors (Lipinski definition) is 0. The number of anilines is 1. The van der Waals surface area contributed by atoms with E-state index in [0.29, 0.717) is 9.87 Å². The molecule has 0 heterocycles. The van der Waals surface area contributed by atoms with Crippen molar-refractivity contribution >= 4 is 62.4 Å². The van der Waals surface area contributed by atoms with Gasteiger partial charge in [0.15, 0.2) is 0 Å². The van der Waals surface area contributed by atoms with E-state index < -0.39 is 26.8 Å². The van der Waals surface area contributed by atoms with E-state index in [-0.39, 0.29) is 32.1 Å². The van der Waals surface area contributed by atoms with Gasteiger partial charge in [-0.2, -0.15) is 4.31 Å². The smallest absolute Gasteiger partial charge is 0.343 e. The van der Waals surface area contributed by atoms with Crippen molar-refractivity contribution in [3.63, 3.8) is 0 Å². The predicted octanol–water partition coefficient (Wildman–Crippen LogP) is 6.90. The lowest BCUT2D eigenvalue weighted by atomic mass is 10.2. The molecule has 1 amide bonds. The van der Waals surface area contributed by atoms with Gasteiger partial charge in [0, 0.05) is 5.56 Å². The monoisotopic (exact) mass is 559 g/mol. The quantitative estimate of drug-likeness (QED) is 0.146. The van der Waals surface area contributed by atoms with Crippen molar-refractivity contribution in [1.29, 1.82) is 0 Å². The van der Waals surface area contributed by atoms with Gasteiger partial charge in [0.25, 0.3) is 15.9 Å². The highest BCUT2D eigenvalue weighted by atomic mass is 35.5. The second-order valence-corrected chi connectivity index (χ2v) is 10.4. The molecule has 4 aromatic rings. The van der Waals surface area contributed by atoms with Crippen LogP contribution in [-0.4, -0.2) is 20.3 Å². The summed E-state index contributed by atoms with van der Waals surface area (Å²) in [5, 5.41) is -0.190. The summed E-state index contributed by atoms with van der Waals surface area (Å²) in [5.41, 5.74) is 0.460. The molecular formula is C26H16Cl3NO5S. The number of ether oxygens (including phenoxy) is 1. The maximum atomic E-state index is 13.7. The molecule has 4 aromatic carbocycles. The van der Waals surface area contributed by atoms with Gasteiger partial charge in [0.1, 0.15) is 10.6 Å². The number of rotatable bonds is 6. The first-order chi connectivity index (χ1) is 17.2. The average Bonchev–Trinajstić information content (AvgIpc) is 2.88. The maximum Gasteiger partial charge on any atom is 0.343 e. The fraction of sp³-hybridized carbons (Fsp3) is 0. The van der Waals surface area contributed by atoms with E-state index in [1.807, 2.05) is 0 Å². The lowest BCUT2D eigenvalue weighted by molar-refractivity contribution is 0.0734. The van der Waals surface area contributed by atoms with E-state index in [2.05, 4.69) is 0 Å². The van der Waals surface area contributed by atoms with E-state index in [0.717, 1.165) is 6.07 Å². The summed E-state index contributed by atoms with van der Waals surface area (Å²) in [6, 6.07) is 24.0. The number of esters is 1. The Bertz CT molecular complexity index is 1530. The number of carbonyl (C=O) groups excluding carboxylic acids is 2. The van der Waals surface area contributed by atoms with Crippen LogP contribution in [0.25, 0.3) is 0 Å². The third-order valence-corrected chi connectivity index (χ3v) is 7.89. The van der Waals surface area contributed by atoms with Crippen molar-refractivity contribution in [1.82, 2.24) is 0 Å². The number of halogens is 3. The Morgan fingerprint density at radius 2 is 1.19 bits per heavy atom. The highest BCUT2D eigenvalue weighted by Gasteiger charge is 2.34. The second kappa shape index (κ2) is 10.7.